The van der Waals surface area contributed by atoms with Crippen molar-refractivity contribution in [1.29, 1.82) is 0 Å². The molecule has 0 bridgehead atoms. The maximum absolute atomic E-state index is 13.2. The number of hydrogen-bond acceptors (Lipinski definition) is 1. The Morgan fingerprint density at radius 3 is 1.71 bits per heavy atom. The molecule has 2 saturated carbocycles. The smallest absolute Gasteiger partial charge is 0.184 e. The van der Waals surface area contributed by atoms with Crippen LogP contribution in [0.2, 0.25) is 0 Å². The molecule has 3 rings (SSSR count). The maximum atomic E-state index is 13.2. The maximum Gasteiger partial charge on any atom is 0.184 e. The monoisotopic (exact) mass is 302 g/mol. The second kappa shape index (κ2) is 7.54. The summed E-state index contributed by atoms with van der Waals surface area (Å²) in [6.45, 7) is 0. The van der Waals surface area contributed by atoms with Gasteiger partial charge in [-0.15, -0.1) is 0 Å². The van der Waals surface area contributed by atoms with Crippen LogP contribution in [0.15, 0.2) is 30.3 Å². The minimum Gasteiger partial charge on any atom is -0.289 e. The Kier molecular flexibility index (Phi) is 5.47. The van der Waals surface area contributed by atoms with Gasteiger partial charge in [-0.25, -0.2) is 0 Å². The zero-order valence-electron chi connectivity index (χ0n) is 13.0. The molecule has 114 valence electrons. The van der Waals surface area contributed by atoms with Gasteiger partial charge in [0.15, 0.2) is 5.52 Å². The number of hydrogen-bond donors (Lipinski definition) is 0. The molecule has 2 aliphatic rings. The van der Waals surface area contributed by atoms with E-state index in [2.05, 4.69) is 0 Å². The Hall–Kier alpha value is -0.680. The first-order valence-corrected chi connectivity index (χ1v) is 10.2. The van der Waals surface area contributed by atoms with Crippen molar-refractivity contribution in [1.82, 2.24) is 0 Å². The highest BCUT2D eigenvalue weighted by Crippen LogP contribution is 2.57. The highest BCUT2D eigenvalue weighted by atomic mass is 31.1. The summed E-state index contributed by atoms with van der Waals surface area (Å²) >= 11 is 0. The summed E-state index contributed by atoms with van der Waals surface area (Å²) in [5.74, 6) is 0. The SMILES string of the molecule is O=C(c1ccccc1)P(C1CCCCC1)C1CCCCC1. The lowest BCUT2D eigenvalue weighted by Crippen LogP contribution is -2.24. The lowest BCUT2D eigenvalue weighted by Gasteiger charge is -2.37. The van der Waals surface area contributed by atoms with Gasteiger partial charge in [0.05, 0.1) is 0 Å². The van der Waals surface area contributed by atoms with E-state index in [1.165, 1.54) is 64.2 Å². The first-order valence-electron chi connectivity index (χ1n) is 8.74. The molecular formula is C19H27OP. The van der Waals surface area contributed by atoms with Gasteiger partial charge in [-0.05, 0) is 44.9 Å². The van der Waals surface area contributed by atoms with Crippen molar-refractivity contribution in [3.63, 3.8) is 0 Å². The largest absolute Gasteiger partial charge is 0.289 e. The summed E-state index contributed by atoms with van der Waals surface area (Å²) < 4.78 is 0. The Labute approximate surface area is 130 Å². The molecular weight excluding hydrogens is 275 g/mol. The number of benzene rings is 1. The highest BCUT2D eigenvalue weighted by molar-refractivity contribution is 7.76. The van der Waals surface area contributed by atoms with Crippen LogP contribution in [0.1, 0.15) is 74.6 Å². The second-order valence-electron chi connectivity index (χ2n) is 6.66. The molecule has 0 unspecified atom stereocenters. The van der Waals surface area contributed by atoms with Gasteiger partial charge >= 0.3 is 0 Å². The van der Waals surface area contributed by atoms with E-state index in [0.29, 0.717) is 16.8 Å². The van der Waals surface area contributed by atoms with Crippen molar-refractivity contribution < 1.29 is 4.79 Å². The van der Waals surface area contributed by atoms with Crippen molar-refractivity contribution >= 4 is 13.4 Å². The average molecular weight is 302 g/mol. The van der Waals surface area contributed by atoms with Crippen LogP contribution in [-0.4, -0.2) is 16.8 Å². The predicted octanol–water partition coefficient (Wildman–Crippen LogP) is 5.97. The van der Waals surface area contributed by atoms with Gasteiger partial charge in [0.25, 0.3) is 0 Å². The predicted molar refractivity (Wildman–Crippen MR) is 91.4 cm³/mol. The summed E-state index contributed by atoms with van der Waals surface area (Å²) in [7, 11) is -0.473. The van der Waals surface area contributed by atoms with Crippen LogP contribution >= 0.6 is 7.92 Å². The molecule has 2 heteroatoms. The minimum atomic E-state index is -0.473. The molecule has 1 aromatic carbocycles. The van der Waals surface area contributed by atoms with E-state index >= 15 is 0 Å². The Morgan fingerprint density at radius 1 is 0.762 bits per heavy atom. The van der Waals surface area contributed by atoms with Gasteiger partial charge in [-0.3, -0.25) is 4.79 Å². The molecule has 21 heavy (non-hydrogen) atoms. The van der Waals surface area contributed by atoms with Crippen LogP contribution in [0, 0.1) is 0 Å². The summed E-state index contributed by atoms with van der Waals surface area (Å²) in [4.78, 5) is 13.2. The quantitative estimate of drug-likeness (QED) is 0.626. The molecule has 0 spiro atoms. The molecule has 0 aromatic heterocycles. The molecule has 0 amide bonds. The van der Waals surface area contributed by atoms with Gasteiger partial charge in [0.2, 0.25) is 0 Å². The van der Waals surface area contributed by atoms with E-state index in [1.54, 1.807) is 0 Å². The van der Waals surface area contributed by atoms with Crippen molar-refractivity contribution in [2.75, 3.05) is 0 Å². The van der Waals surface area contributed by atoms with E-state index in [0.717, 1.165) is 5.56 Å². The first-order chi connectivity index (χ1) is 10.4. The van der Waals surface area contributed by atoms with Crippen molar-refractivity contribution in [3.05, 3.63) is 35.9 Å². The van der Waals surface area contributed by atoms with E-state index < -0.39 is 7.92 Å². The van der Waals surface area contributed by atoms with E-state index in [1.807, 2.05) is 30.3 Å². The lowest BCUT2D eigenvalue weighted by molar-refractivity contribution is 0.107. The topological polar surface area (TPSA) is 17.1 Å². The number of carbonyl (C=O) groups is 1. The highest BCUT2D eigenvalue weighted by Gasteiger charge is 2.36. The number of rotatable bonds is 4. The first kappa shape index (κ1) is 15.2. The summed E-state index contributed by atoms with van der Waals surface area (Å²) in [5.41, 5.74) is 2.90. The molecule has 2 fully saturated rings. The van der Waals surface area contributed by atoms with E-state index in [9.17, 15) is 4.79 Å². The van der Waals surface area contributed by atoms with Gasteiger partial charge in [0, 0.05) is 5.56 Å². The van der Waals surface area contributed by atoms with Gasteiger partial charge in [0.1, 0.15) is 0 Å². The summed E-state index contributed by atoms with van der Waals surface area (Å²) in [6.07, 6.45) is 13.4. The van der Waals surface area contributed by atoms with Crippen molar-refractivity contribution in [3.8, 4) is 0 Å². The van der Waals surface area contributed by atoms with E-state index in [4.69, 9.17) is 0 Å². The van der Waals surface area contributed by atoms with Gasteiger partial charge in [-0.1, -0.05) is 68.9 Å². The Bertz CT molecular complexity index is 426. The second-order valence-corrected chi connectivity index (χ2v) is 9.34. The standard InChI is InChI=1S/C19H27OP/c20-19(16-10-4-1-5-11-16)21(17-12-6-2-7-13-17)18-14-8-3-9-15-18/h1,4-5,10-11,17-18H,2-3,6-9,12-15H2. The number of carbonyl (C=O) groups excluding carboxylic acids is 1. The van der Waals surface area contributed by atoms with Crippen LogP contribution in [-0.2, 0) is 0 Å². The minimum absolute atomic E-state index is 0.473. The molecule has 0 radical (unpaired) electrons. The molecule has 1 aromatic rings. The Morgan fingerprint density at radius 2 is 1.24 bits per heavy atom. The van der Waals surface area contributed by atoms with Gasteiger partial charge in [-0.2, -0.15) is 0 Å². The van der Waals surface area contributed by atoms with Crippen LogP contribution in [0.25, 0.3) is 0 Å². The molecule has 0 heterocycles. The Balaban J connectivity index is 1.81. The van der Waals surface area contributed by atoms with Crippen LogP contribution in [0.3, 0.4) is 0 Å². The van der Waals surface area contributed by atoms with Crippen molar-refractivity contribution in [2.45, 2.75) is 75.5 Å². The third kappa shape index (κ3) is 3.75. The fourth-order valence-electron chi connectivity index (χ4n) is 4.08. The van der Waals surface area contributed by atoms with Crippen LogP contribution in [0.5, 0.6) is 0 Å². The molecule has 0 atom stereocenters. The zero-order chi connectivity index (χ0) is 14.5. The third-order valence-electron chi connectivity index (χ3n) is 5.19. The molecule has 2 aliphatic carbocycles. The molecule has 0 saturated heterocycles. The average Bonchev–Trinajstić information content (AvgIpc) is 2.58. The van der Waals surface area contributed by atoms with E-state index in [-0.39, 0.29) is 0 Å². The van der Waals surface area contributed by atoms with Crippen molar-refractivity contribution in [2.24, 2.45) is 0 Å². The molecule has 0 N–H and O–H groups in total. The van der Waals surface area contributed by atoms with Crippen LogP contribution in [0.4, 0.5) is 0 Å². The third-order valence-corrected chi connectivity index (χ3v) is 8.53. The summed E-state index contributed by atoms with van der Waals surface area (Å²) in [6, 6.07) is 10.1. The fraction of sp³-hybridized carbons (Fsp3) is 0.632. The molecule has 0 aliphatic heterocycles. The van der Waals surface area contributed by atoms with Gasteiger partial charge < -0.3 is 0 Å². The van der Waals surface area contributed by atoms with Crippen LogP contribution < -0.4 is 0 Å². The lowest BCUT2D eigenvalue weighted by atomic mass is 9.99. The normalized spacial score (nSPS) is 21.6. The fourth-order valence-corrected chi connectivity index (χ4v) is 7.63. The molecule has 1 nitrogen and oxygen atoms in total. The summed E-state index contributed by atoms with van der Waals surface area (Å²) in [5, 5.41) is 0. The zero-order valence-corrected chi connectivity index (χ0v) is 13.9.